The Kier molecular flexibility index (Phi) is 5.55. The van der Waals surface area contributed by atoms with E-state index < -0.39 is 0 Å². The van der Waals surface area contributed by atoms with Crippen molar-refractivity contribution in [3.05, 3.63) is 52.9 Å². The fourth-order valence-electron chi connectivity index (χ4n) is 2.37. The van der Waals surface area contributed by atoms with Crippen LogP contribution in [0.2, 0.25) is 5.02 Å². The third-order valence-corrected chi connectivity index (χ3v) is 4.68. The second kappa shape index (κ2) is 7.84. The summed E-state index contributed by atoms with van der Waals surface area (Å²) in [5.74, 6) is -0.108. The van der Waals surface area contributed by atoms with Gasteiger partial charge < -0.3 is 9.88 Å². The molecule has 0 saturated carbocycles. The predicted octanol–water partition coefficient (Wildman–Crippen LogP) is 3.89. The fourth-order valence-corrected chi connectivity index (χ4v) is 3.31. The second-order valence-corrected chi connectivity index (χ2v) is 6.79. The molecule has 0 aliphatic rings. The minimum absolute atomic E-state index is 0.0387. The molecule has 2 heterocycles. The first-order valence-corrected chi connectivity index (χ1v) is 9.08. The van der Waals surface area contributed by atoms with Gasteiger partial charge in [-0.2, -0.15) is 0 Å². The lowest BCUT2D eigenvalue weighted by Gasteiger charge is -2.20. The maximum Gasteiger partial charge on any atom is 0.233 e. The van der Waals surface area contributed by atoms with Crippen LogP contribution in [0, 0.1) is 5.82 Å². The van der Waals surface area contributed by atoms with Crippen molar-refractivity contribution in [1.29, 1.82) is 0 Å². The van der Waals surface area contributed by atoms with Gasteiger partial charge in [-0.25, -0.2) is 14.4 Å². The summed E-state index contributed by atoms with van der Waals surface area (Å²) in [5.41, 5.74) is 2.06. The number of hydrogen-bond acceptors (Lipinski definition) is 4. The van der Waals surface area contributed by atoms with Gasteiger partial charge in [0.25, 0.3) is 0 Å². The second-order valence-electron chi connectivity index (χ2n) is 5.39. The van der Waals surface area contributed by atoms with Crippen LogP contribution in [0.5, 0.6) is 0 Å². The van der Waals surface area contributed by atoms with Crippen LogP contribution < -0.4 is 0 Å². The van der Waals surface area contributed by atoms with Gasteiger partial charge in [0.05, 0.1) is 16.3 Å². The Labute approximate surface area is 153 Å². The molecule has 0 radical (unpaired) electrons. The van der Waals surface area contributed by atoms with Crippen molar-refractivity contribution in [1.82, 2.24) is 19.9 Å². The van der Waals surface area contributed by atoms with Crippen molar-refractivity contribution in [2.75, 3.05) is 12.3 Å². The molecule has 8 heteroatoms. The Bertz CT molecular complexity index is 901. The van der Waals surface area contributed by atoms with E-state index in [1.54, 1.807) is 23.1 Å². The number of H-pyrrole nitrogens is 1. The van der Waals surface area contributed by atoms with E-state index in [-0.39, 0.29) is 17.5 Å². The number of hydrogen-bond donors (Lipinski definition) is 1. The zero-order chi connectivity index (χ0) is 17.8. The van der Waals surface area contributed by atoms with Gasteiger partial charge in [-0.05, 0) is 30.7 Å². The smallest absolute Gasteiger partial charge is 0.233 e. The molecule has 2 aromatic heterocycles. The number of imidazole rings is 1. The maximum absolute atomic E-state index is 13.3. The van der Waals surface area contributed by atoms with E-state index in [1.807, 2.05) is 6.92 Å². The summed E-state index contributed by atoms with van der Waals surface area (Å²) in [5, 5.41) is 1.14. The van der Waals surface area contributed by atoms with Gasteiger partial charge in [-0.1, -0.05) is 35.5 Å². The largest absolute Gasteiger partial charge is 0.338 e. The molecule has 0 aliphatic carbocycles. The number of rotatable bonds is 6. The highest BCUT2D eigenvalue weighted by molar-refractivity contribution is 7.99. The van der Waals surface area contributed by atoms with Crippen LogP contribution in [-0.4, -0.2) is 38.1 Å². The first kappa shape index (κ1) is 17.7. The number of aromatic amines is 1. The highest BCUT2D eigenvalue weighted by atomic mass is 35.5. The molecule has 1 amide bonds. The van der Waals surface area contributed by atoms with Gasteiger partial charge in [-0.3, -0.25) is 4.79 Å². The van der Waals surface area contributed by atoms with Crippen LogP contribution in [0.25, 0.3) is 11.2 Å². The number of nitrogens with one attached hydrogen (secondary N) is 1. The van der Waals surface area contributed by atoms with E-state index in [2.05, 4.69) is 15.0 Å². The summed E-state index contributed by atoms with van der Waals surface area (Å²) in [7, 11) is 0. The molecule has 0 spiro atoms. The first-order chi connectivity index (χ1) is 12.0. The number of carbonyl (C=O) groups excluding carboxylic acids is 1. The Morgan fingerprint density at radius 2 is 2.24 bits per heavy atom. The summed E-state index contributed by atoms with van der Waals surface area (Å²) in [4.78, 5) is 25.7. The highest BCUT2D eigenvalue weighted by Gasteiger charge is 2.14. The quantitative estimate of drug-likeness (QED) is 0.661. The average molecular weight is 379 g/mol. The van der Waals surface area contributed by atoms with Crippen LogP contribution >= 0.6 is 23.4 Å². The number of fused-ring (bicyclic) bond motifs is 1. The van der Waals surface area contributed by atoms with Crippen LogP contribution in [-0.2, 0) is 11.3 Å². The van der Waals surface area contributed by atoms with E-state index >= 15 is 0 Å². The van der Waals surface area contributed by atoms with Crippen molar-refractivity contribution in [2.24, 2.45) is 0 Å². The number of thioether (sulfide) groups is 1. The topological polar surface area (TPSA) is 61.9 Å². The molecule has 3 aromatic rings. The number of carbonyl (C=O) groups is 1. The van der Waals surface area contributed by atoms with Crippen molar-refractivity contribution < 1.29 is 9.18 Å². The van der Waals surface area contributed by atoms with Crippen LogP contribution in [0.4, 0.5) is 4.39 Å². The first-order valence-electron chi connectivity index (χ1n) is 7.71. The lowest BCUT2D eigenvalue weighted by molar-refractivity contribution is -0.128. The van der Waals surface area contributed by atoms with Crippen LogP contribution in [0.1, 0.15) is 12.5 Å². The van der Waals surface area contributed by atoms with E-state index in [0.29, 0.717) is 28.9 Å². The molecule has 1 aromatic carbocycles. The molecule has 1 N–H and O–H groups in total. The molecule has 5 nitrogen and oxygen atoms in total. The van der Waals surface area contributed by atoms with Gasteiger partial charge in [0.1, 0.15) is 5.82 Å². The molecule has 0 fully saturated rings. The van der Waals surface area contributed by atoms with Crippen LogP contribution in [0.15, 0.2) is 41.7 Å². The molecule has 25 heavy (non-hydrogen) atoms. The van der Waals surface area contributed by atoms with Crippen molar-refractivity contribution in [3.8, 4) is 0 Å². The summed E-state index contributed by atoms with van der Waals surface area (Å²) in [6.45, 7) is 2.83. The third kappa shape index (κ3) is 4.49. The number of benzene rings is 1. The summed E-state index contributed by atoms with van der Waals surface area (Å²) >= 11 is 7.20. The fraction of sp³-hybridized carbons (Fsp3) is 0.235. The summed E-state index contributed by atoms with van der Waals surface area (Å²) in [6.07, 6.45) is 1.53. The van der Waals surface area contributed by atoms with Crippen molar-refractivity contribution in [3.63, 3.8) is 0 Å². The standard InChI is InChI=1S/C17H16ClFN4OS/c1-2-23(9-11-4-3-5-13(19)6-11)15(24)10-25-17-21-14-7-12(18)8-20-16(14)22-17/h3-8H,2,9-10H2,1H3,(H,20,21,22). The molecular weight excluding hydrogens is 363 g/mol. The van der Waals surface area contributed by atoms with Gasteiger partial charge in [0.2, 0.25) is 5.91 Å². The minimum atomic E-state index is -0.302. The molecule has 0 atom stereocenters. The maximum atomic E-state index is 13.3. The van der Waals surface area contributed by atoms with Crippen LogP contribution in [0.3, 0.4) is 0 Å². The minimum Gasteiger partial charge on any atom is -0.338 e. The number of halogens is 2. The number of nitrogens with zero attached hydrogens (tertiary/aromatic N) is 3. The summed E-state index contributed by atoms with van der Waals surface area (Å²) in [6, 6.07) is 8.02. The molecule has 0 bridgehead atoms. The number of amides is 1. The molecule has 130 valence electrons. The number of aromatic nitrogens is 3. The third-order valence-electron chi connectivity index (χ3n) is 3.61. The molecule has 0 saturated heterocycles. The van der Waals surface area contributed by atoms with E-state index in [1.165, 1.54) is 30.1 Å². The molecule has 3 rings (SSSR count). The zero-order valence-corrected chi connectivity index (χ0v) is 15.1. The molecule has 0 unspecified atom stereocenters. The highest BCUT2D eigenvalue weighted by Crippen LogP contribution is 2.21. The zero-order valence-electron chi connectivity index (χ0n) is 13.5. The van der Waals surface area contributed by atoms with Gasteiger partial charge in [0.15, 0.2) is 10.8 Å². The lowest BCUT2D eigenvalue weighted by Crippen LogP contribution is -2.31. The Morgan fingerprint density at radius 1 is 1.40 bits per heavy atom. The number of pyridine rings is 1. The van der Waals surface area contributed by atoms with E-state index in [9.17, 15) is 9.18 Å². The molecular formula is C17H16ClFN4OS. The Hall–Kier alpha value is -2.12. The Morgan fingerprint density at radius 3 is 3.00 bits per heavy atom. The van der Waals surface area contributed by atoms with Gasteiger partial charge in [0, 0.05) is 19.3 Å². The average Bonchev–Trinajstić information content (AvgIpc) is 2.99. The molecule has 0 aliphatic heterocycles. The SMILES string of the molecule is CCN(Cc1cccc(F)c1)C(=O)CSc1nc2ncc(Cl)cc2[nH]1. The lowest BCUT2D eigenvalue weighted by atomic mass is 10.2. The van der Waals surface area contributed by atoms with E-state index in [0.717, 1.165) is 11.1 Å². The predicted molar refractivity (Wildman–Crippen MR) is 97.1 cm³/mol. The normalized spacial score (nSPS) is 11.0. The van der Waals surface area contributed by atoms with Gasteiger partial charge >= 0.3 is 0 Å². The van der Waals surface area contributed by atoms with E-state index in [4.69, 9.17) is 11.6 Å². The Balaban J connectivity index is 1.63. The van der Waals surface area contributed by atoms with Crippen molar-refractivity contribution >= 4 is 40.4 Å². The van der Waals surface area contributed by atoms with Gasteiger partial charge in [-0.15, -0.1) is 0 Å². The monoisotopic (exact) mass is 378 g/mol. The summed E-state index contributed by atoms with van der Waals surface area (Å²) < 4.78 is 13.3. The van der Waals surface area contributed by atoms with Crippen molar-refractivity contribution in [2.45, 2.75) is 18.6 Å².